The molecule has 1 fully saturated rings. The first-order chi connectivity index (χ1) is 8.19. The molecule has 3 nitrogen and oxygen atoms in total. The van der Waals surface area contributed by atoms with Crippen LogP contribution in [0, 0.1) is 5.92 Å². The maximum absolute atomic E-state index is 11.3. The maximum atomic E-state index is 11.3. The molecule has 4 heteroatoms. The van der Waals surface area contributed by atoms with E-state index in [4.69, 9.17) is 0 Å². The Labute approximate surface area is 109 Å². The molecule has 1 aliphatic rings. The Hall–Kier alpha value is -0.220. The lowest BCUT2D eigenvalue weighted by atomic mass is 9.89. The number of carboxylic acids is 1. The Morgan fingerprint density at radius 3 is 2.82 bits per heavy atom. The van der Waals surface area contributed by atoms with E-state index in [-0.39, 0.29) is 6.04 Å². The van der Waals surface area contributed by atoms with Crippen molar-refractivity contribution in [1.29, 1.82) is 0 Å². The van der Waals surface area contributed by atoms with Gasteiger partial charge in [0, 0.05) is 0 Å². The lowest BCUT2D eigenvalue weighted by Crippen LogP contribution is -2.47. The Kier molecular flexibility index (Phi) is 6.97. The van der Waals surface area contributed by atoms with Crippen molar-refractivity contribution < 1.29 is 9.90 Å². The van der Waals surface area contributed by atoms with Crippen molar-refractivity contribution in [3.63, 3.8) is 0 Å². The molecule has 100 valence electrons. The molecule has 17 heavy (non-hydrogen) atoms. The molecule has 0 aromatic heterocycles. The number of aliphatic carboxylic acids is 1. The zero-order valence-electron chi connectivity index (χ0n) is 11.0. The van der Waals surface area contributed by atoms with Crippen LogP contribution in [-0.4, -0.2) is 46.6 Å². The van der Waals surface area contributed by atoms with Gasteiger partial charge in [-0.05, 0) is 49.8 Å². The molecule has 1 heterocycles. The van der Waals surface area contributed by atoms with Crippen molar-refractivity contribution in [2.24, 2.45) is 5.92 Å². The first kappa shape index (κ1) is 14.8. The minimum Gasteiger partial charge on any atom is -0.480 e. The number of rotatable bonds is 7. The molecule has 1 N–H and O–H groups in total. The maximum Gasteiger partial charge on any atom is 0.320 e. The summed E-state index contributed by atoms with van der Waals surface area (Å²) in [5.74, 6) is 2.28. The van der Waals surface area contributed by atoms with Gasteiger partial charge in [0.15, 0.2) is 0 Å². The fourth-order valence-electron chi connectivity index (χ4n) is 2.50. The molecule has 0 amide bonds. The van der Waals surface area contributed by atoms with E-state index in [2.05, 4.69) is 18.7 Å². The SMILES string of the molecule is CCSCCCN1CCC(CC)CC1C(=O)O. The van der Waals surface area contributed by atoms with E-state index in [9.17, 15) is 9.90 Å². The van der Waals surface area contributed by atoms with E-state index in [0.29, 0.717) is 5.92 Å². The zero-order chi connectivity index (χ0) is 12.7. The Bertz CT molecular complexity index is 235. The zero-order valence-corrected chi connectivity index (χ0v) is 11.8. The molecule has 1 saturated heterocycles. The minimum absolute atomic E-state index is 0.236. The first-order valence-corrected chi connectivity index (χ1v) is 7.89. The highest BCUT2D eigenvalue weighted by Crippen LogP contribution is 2.25. The second-order valence-electron chi connectivity index (χ2n) is 4.74. The van der Waals surface area contributed by atoms with Gasteiger partial charge in [-0.2, -0.15) is 11.8 Å². The summed E-state index contributed by atoms with van der Waals surface area (Å²) in [7, 11) is 0. The largest absolute Gasteiger partial charge is 0.480 e. The standard InChI is InChI=1S/C13H25NO2S/c1-3-11-6-8-14(7-5-9-17-4-2)12(10-11)13(15)16/h11-12H,3-10H2,1-2H3,(H,15,16). The summed E-state index contributed by atoms with van der Waals surface area (Å²) in [5.41, 5.74) is 0. The van der Waals surface area contributed by atoms with E-state index >= 15 is 0 Å². The molecule has 0 aliphatic carbocycles. The Morgan fingerprint density at radius 2 is 2.24 bits per heavy atom. The first-order valence-electron chi connectivity index (χ1n) is 6.73. The van der Waals surface area contributed by atoms with Crippen LogP contribution >= 0.6 is 11.8 Å². The van der Waals surface area contributed by atoms with Crippen LogP contribution in [0.1, 0.15) is 39.5 Å². The smallest absolute Gasteiger partial charge is 0.320 e. The highest BCUT2D eigenvalue weighted by Gasteiger charge is 2.31. The number of nitrogens with zero attached hydrogens (tertiary/aromatic N) is 1. The second-order valence-corrected chi connectivity index (χ2v) is 6.13. The number of hydrogen-bond acceptors (Lipinski definition) is 3. The molecular weight excluding hydrogens is 234 g/mol. The third kappa shape index (κ3) is 4.88. The van der Waals surface area contributed by atoms with Crippen molar-refractivity contribution in [2.75, 3.05) is 24.6 Å². The summed E-state index contributed by atoms with van der Waals surface area (Å²) in [4.78, 5) is 13.4. The number of hydrogen-bond donors (Lipinski definition) is 1. The minimum atomic E-state index is -0.633. The topological polar surface area (TPSA) is 40.5 Å². The summed E-state index contributed by atoms with van der Waals surface area (Å²) in [6.45, 7) is 6.24. The van der Waals surface area contributed by atoms with E-state index in [1.165, 1.54) is 6.42 Å². The van der Waals surface area contributed by atoms with Crippen molar-refractivity contribution in [2.45, 2.75) is 45.6 Å². The number of carbonyl (C=O) groups is 1. The monoisotopic (exact) mass is 259 g/mol. The molecule has 0 spiro atoms. The van der Waals surface area contributed by atoms with E-state index in [0.717, 1.165) is 43.9 Å². The molecular formula is C13H25NO2S. The summed E-state index contributed by atoms with van der Waals surface area (Å²) < 4.78 is 0. The summed E-state index contributed by atoms with van der Waals surface area (Å²) >= 11 is 1.94. The highest BCUT2D eigenvalue weighted by atomic mass is 32.2. The van der Waals surface area contributed by atoms with Crippen molar-refractivity contribution in [1.82, 2.24) is 4.90 Å². The number of piperidine rings is 1. The van der Waals surface area contributed by atoms with Crippen LogP contribution in [0.5, 0.6) is 0 Å². The molecule has 1 aliphatic heterocycles. The number of thioether (sulfide) groups is 1. The van der Waals surface area contributed by atoms with Crippen LogP contribution < -0.4 is 0 Å². The Balaban J connectivity index is 2.38. The van der Waals surface area contributed by atoms with Gasteiger partial charge in [-0.1, -0.05) is 20.3 Å². The Morgan fingerprint density at radius 1 is 1.47 bits per heavy atom. The summed E-state index contributed by atoms with van der Waals surface area (Å²) in [6, 6.07) is -0.236. The van der Waals surface area contributed by atoms with Gasteiger partial charge in [0.2, 0.25) is 0 Å². The summed E-state index contributed by atoms with van der Waals surface area (Å²) in [5, 5.41) is 9.28. The highest BCUT2D eigenvalue weighted by molar-refractivity contribution is 7.99. The van der Waals surface area contributed by atoms with E-state index in [1.807, 2.05) is 11.8 Å². The van der Waals surface area contributed by atoms with Crippen LogP contribution in [0.15, 0.2) is 0 Å². The molecule has 1 rings (SSSR count). The van der Waals surface area contributed by atoms with E-state index < -0.39 is 5.97 Å². The fourth-order valence-corrected chi connectivity index (χ4v) is 3.12. The molecule has 0 saturated carbocycles. The van der Waals surface area contributed by atoms with Gasteiger partial charge in [0.25, 0.3) is 0 Å². The molecule has 2 atom stereocenters. The average Bonchev–Trinajstić information content (AvgIpc) is 2.34. The van der Waals surface area contributed by atoms with Gasteiger partial charge in [-0.25, -0.2) is 0 Å². The van der Waals surface area contributed by atoms with Crippen LogP contribution in [0.4, 0.5) is 0 Å². The number of carboxylic acid groups (broad SMARTS) is 1. The molecule has 0 radical (unpaired) electrons. The van der Waals surface area contributed by atoms with Crippen LogP contribution in [0.3, 0.4) is 0 Å². The second kappa shape index (κ2) is 7.98. The lowest BCUT2D eigenvalue weighted by molar-refractivity contribution is -0.145. The third-order valence-electron chi connectivity index (χ3n) is 3.62. The molecule has 0 bridgehead atoms. The lowest BCUT2D eigenvalue weighted by Gasteiger charge is -2.36. The molecule has 0 aromatic carbocycles. The van der Waals surface area contributed by atoms with Gasteiger partial charge in [0.1, 0.15) is 6.04 Å². The predicted molar refractivity (Wildman–Crippen MR) is 73.6 cm³/mol. The van der Waals surface area contributed by atoms with Gasteiger partial charge in [-0.3, -0.25) is 9.69 Å². The quantitative estimate of drug-likeness (QED) is 0.714. The van der Waals surface area contributed by atoms with Crippen molar-refractivity contribution in [3.05, 3.63) is 0 Å². The number of likely N-dealkylation sites (tertiary alicyclic amines) is 1. The van der Waals surface area contributed by atoms with Crippen LogP contribution in [-0.2, 0) is 4.79 Å². The molecule has 0 aromatic rings. The van der Waals surface area contributed by atoms with E-state index in [1.54, 1.807) is 0 Å². The van der Waals surface area contributed by atoms with Crippen molar-refractivity contribution in [3.8, 4) is 0 Å². The predicted octanol–water partition coefficient (Wildman–Crippen LogP) is 2.70. The van der Waals surface area contributed by atoms with Crippen molar-refractivity contribution >= 4 is 17.7 Å². The molecule has 2 unspecified atom stereocenters. The van der Waals surface area contributed by atoms with Gasteiger partial charge >= 0.3 is 5.97 Å². The van der Waals surface area contributed by atoms with Gasteiger partial charge in [0.05, 0.1) is 0 Å². The fraction of sp³-hybridized carbons (Fsp3) is 0.923. The summed E-state index contributed by atoms with van der Waals surface area (Å²) in [6.07, 6.45) is 4.23. The van der Waals surface area contributed by atoms with Crippen LogP contribution in [0.2, 0.25) is 0 Å². The van der Waals surface area contributed by atoms with Crippen LogP contribution in [0.25, 0.3) is 0 Å². The third-order valence-corrected chi connectivity index (χ3v) is 4.61. The van der Waals surface area contributed by atoms with Gasteiger partial charge < -0.3 is 5.11 Å². The average molecular weight is 259 g/mol. The normalized spacial score (nSPS) is 26.0. The van der Waals surface area contributed by atoms with Gasteiger partial charge in [-0.15, -0.1) is 0 Å².